The van der Waals surface area contributed by atoms with Crippen LogP contribution in [0.1, 0.15) is 41.0 Å². The summed E-state index contributed by atoms with van der Waals surface area (Å²) in [7, 11) is 1.61. The third-order valence-corrected chi connectivity index (χ3v) is 7.57. The third kappa shape index (κ3) is 4.07. The summed E-state index contributed by atoms with van der Waals surface area (Å²) in [4.78, 5) is 28.8. The normalized spacial score (nSPS) is 21.0. The van der Waals surface area contributed by atoms with Crippen molar-refractivity contribution in [2.24, 2.45) is 5.92 Å². The molecule has 0 saturated heterocycles. The van der Waals surface area contributed by atoms with E-state index in [0.717, 1.165) is 33.8 Å². The van der Waals surface area contributed by atoms with Crippen LogP contribution in [0.5, 0.6) is 23.0 Å². The van der Waals surface area contributed by atoms with Gasteiger partial charge in [0.25, 0.3) is 0 Å². The van der Waals surface area contributed by atoms with Crippen molar-refractivity contribution in [3.8, 4) is 23.0 Å². The molecule has 3 atom stereocenters. The first-order chi connectivity index (χ1) is 17.4. The Balaban J connectivity index is 1.14. The minimum absolute atomic E-state index is 0.0196. The number of carbonyl (C=O) groups excluding carboxylic acids is 2. The molecular weight excluding hydrogens is 480 g/mol. The van der Waals surface area contributed by atoms with E-state index in [0.29, 0.717) is 41.6 Å². The molecule has 1 aromatic heterocycles. The van der Waals surface area contributed by atoms with Gasteiger partial charge in [-0.1, -0.05) is 11.6 Å². The number of anilines is 1. The molecule has 1 fully saturated rings. The molecule has 6 rings (SSSR count). The van der Waals surface area contributed by atoms with Crippen LogP contribution in [-0.4, -0.2) is 29.9 Å². The Hall–Kier alpha value is -3.58. The molecule has 0 radical (unpaired) electrons. The minimum Gasteiger partial charge on any atom is -0.496 e. The summed E-state index contributed by atoms with van der Waals surface area (Å²) < 4.78 is 17.7. The van der Waals surface area contributed by atoms with E-state index in [9.17, 15) is 9.59 Å². The zero-order valence-corrected chi connectivity index (χ0v) is 20.7. The number of aryl methyl sites for hydroxylation is 1. The Kier molecular flexibility index (Phi) is 5.60. The van der Waals surface area contributed by atoms with Gasteiger partial charge in [0, 0.05) is 53.4 Å². The average Bonchev–Trinajstić information content (AvgIpc) is 3.36. The molecule has 36 heavy (non-hydrogen) atoms. The fourth-order valence-corrected chi connectivity index (χ4v) is 5.62. The molecule has 0 spiro atoms. The maximum Gasteiger partial charge on any atom is 0.225 e. The lowest BCUT2D eigenvalue weighted by Crippen LogP contribution is -2.20. The summed E-state index contributed by atoms with van der Waals surface area (Å²) in [6.45, 7) is 1.93. The van der Waals surface area contributed by atoms with Crippen molar-refractivity contribution in [2.75, 3.05) is 12.4 Å². The minimum atomic E-state index is -0.0361. The highest BCUT2D eigenvalue weighted by atomic mass is 35.5. The summed E-state index contributed by atoms with van der Waals surface area (Å²) in [6, 6.07) is 11.3. The molecular formula is C28H25ClN2O5. The lowest BCUT2D eigenvalue weighted by atomic mass is 10.0. The van der Waals surface area contributed by atoms with Crippen LogP contribution in [0.3, 0.4) is 0 Å². The highest BCUT2D eigenvalue weighted by Crippen LogP contribution is 2.60. The number of ether oxygens (including phenoxy) is 3. The molecule has 3 aromatic rings. The van der Waals surface area contributed by atoms with Gasteiger partial charge in [-0.25, -0.2) is 4.98 Å². The SMILES string of the molecule is COc1cc(CC(=O)C[C@@H]2[C@H]3Oc4ccc(Oc5ccnc6c5CCC(=O)N6)cc4[C@@H]23)c(Cl)cc1C. The molecule has 2 aliphatic heterocycles. The van der Waals surface area contributed by atoms with Gasteiger partial charge in [0.1, 0.15) is 40.7 Å². The second kappa shape index (κ2) is 8.82. The number of nitrogens with zero attached hydrogens (tertiary/aromatic N) is 1. The quantitative estimate of drug-likeness (QED) is 0.463. The Morgan fingerprint density at radius 1 is 1.19 bits per heavy atom. The van der Waals surface area contributed by atoms with E-state index in [4.69, 9.17) is 25.8 Å². The molecule has 7 nitrogen and oxygen atoms in total. The van der Waals surface area contributed by atoms with E-state index >= 15 is 0 Å². The fourth-order valence-electron chi connectivity index (χ4n) is 5.34. The molecule has 2 aromatic carbocycles. The molecule has 1 aliphatic carbocycles. The lowest BCUT2D eigenvalue weighted by Gasteiger charge is -2.19. The van der Waals surface area contributed by atoms with Crippen LogP contribution in [0, 0.1) is 12.8 Å². The molecule has 3 heterocycles. The summed E-state index contributed by atoms with van der Waals surface area (Å²) in [5.74, 6) is 3.93. The molecule has 0 bridgehead atoms. The number of carbonyl (C=O) groups is 2. The number of ketones is 1. The molecule has 1 N–H and O–H groups in total. The van der Waals surface area contributed by atoms with E-state index in [1.165, 1.54) is 0 Å². The highest BCUT2D eigenvalue weighted by molar-refractivity contribution is 6.31. The van der Waals surface area contributed by atoms with Gasteiger partial charge < -0.3 is 19.5 Å². The van der Waals surface area contributed by atoms with E-state index in [1.807, 2.05) is 43.3 Å². The Morgan fingerprint density at radius 3 is 2.89 bits per heavy atom. The van der Waals surface area contributed by atoms with Gasteiger partial charge >= 0.3 is 0 Å². The van der Waals surface area contributed by atoms with Crippen LogP contribution >= 0.6 is 11.6 Å². The highest BCUT2D eigenvalue weighted by Gasteiger charge is 2.59. The number of Topliss-reactive ketones (excluding diaryl/α,β-unsaturated/α-hetero) is 1. The molecule has 8 heteroatoms. The number of hydrogen-bond acceptors (Lipinski definition) is 6. The van der Waals surface area contributed by atoms with Crippen molar-refractivity contribution >= 4 is 29.1 Å². The maximum absolute atomic E-state index is 12.9. The molecule has 1 saturated carbocycles. The first-order valence-electron chi connectivity index (χ1n) is 12.0. The van der Waals surface area contributed by atoms with Crippen LogP contribution in [0.2, 0.25) is 5.02 Å². The maximum atomic E-state index is 12.9. The number of halogens is 1. The van der Waals surface area contributed by atoms with Crippen molar-refractivity contribution in [3.05, 3.63) is 69.9 Å². The fraction of sp³-hybridized carbons (Fsp3) is 0.321. The summed E-state index contributed by atoms with van der Waals surface area (Å²) in [5.41, 5.74) is 3.69. The number of benzene rings is 2. The molecule has 1 amide bonds. The number of rotatable bonds is 7. The average molecular weight is 505 g/mol. The van der Waals surface area contributed by atoms with E-state index in [-0.39, 0.29) is 36.1 Å². The van der Waals surface area contributed by atoms with Crippen LogP contribution in [0.15, 0.2) is 42.6 Å². The first-order valence-corrected chi connectivity index (χ1v) is 12.4. The molecule has 3 aliphatic rings. The van der Waals surface area contributed by atoms with Crippen molar-refractivity contribution in [1.82, 2.24) is 4.98 Å². The van der Waals surface area contributed by atoms with Crippen molar-refractivity contribution < 1.29 is 23.8 Å². The number of amides is 1. The largest absolute Gasteiger partial charge is 0.496 e. The molecule has 184 valence electrons. The number of hydrogen-bond donors (Lipinski definition) is 1. The van der Waals surface area contributed by atoms with Gasteiger partial charge in [-0.3, -0.25) is 9.59 Å². The van der Waals surface area contributed by atoms with Gasteiger partial charge in [0.2, 0.25) is 5.91 Å². The second-order valence-corrected chi connectivity index (χ2v) is 10.00. The summed E-state index contributed by atoms with van der Waals surface area (Å²) in [6.07, 6.45) is 3.35. The smallest absolute Gasteiger partial charge is 0.225 e. The zero-order valence-electron chi connectivity index (χ0n) is 20.0. The number of nitrogens with one attached hydrogen (secondary N) is 1. The van der Waals surface area contributed by atoms with Crippen LogP contribution < -0.4 is 19.5 Å². The predicted molar refractivity (Wildman–Crippen MR) is 134 cm³/mol. The van der Waals surface area contributed by atoms with Gasteiger partial charge in [-0.2, -0.15) is 0 Å². The van der Waals surface area contributed by atoms with Gasteiger partial charge in [0.05, 0.1) is 7.11 Å². The number of fused-ring (bicyclic) bond motifs is 4. The summed E-state index contributed by atoms with van der Waals surface area (Å²) in [5, 5.41) is 3.38. The Morgan fingerprint density at radius 2 is 2.06 bits per heavy atom. The monoisotopic (exact) mass is 504 g/mol. The second-order valence-electron chi connectivity index (χ2n) is 9.59. The van der Waals surface area contributed by atoms with Crippen molar-refractivity contribution in [1.29, 1.82) is 0 Å². The number of methoxy groups -OCH3 is 1. The van der Waals surface area contributed by atoms with Crippen LogP contribution in [0.25, 0.3) is 0 Å². The van der Waals surface area contributed by atoms with Gasteiger partial charge in [0.15, 0.2) is 0 Å². The molecule has 0 unspecified atom stereocenters. The van der Waals surface area contributed by atoms with Crippen LogP contribution in [0.4, 0.5) is 5.82 Å². The predicted octanol–water partition coefficient (Wildman–Crippen LogP) is 5.41. The van der Waals surface area contributed by atoms with Gasteiger partial charge in [-0.05, 0) is 60.9 Å². The van der Waals surface area contributed by atoms with E-state index in [2.05, 4.69) is 10.3 Å². The number of aromatic nitrogens is 1. The Labute approximate surface area is 213 Å². The topological polar surface area (TPSA) is 86.8 Å². The number of pyridine rings is 1. The van der Waals surface area contributed by atoms with Crippen LogP contribution in [-0.2, 0) is 22.4 Å². The third-order valence-electron chi connectivity index (χ3n) is 7.22. The van der Waals surface area contributed by atoms with E-state index < -0.39 is 0 Å². The van der Waals surface area contributed by atoms with Crippen molar-refractivity contribution in [3.63, 3.8) is 0 Å². The standard InChI is InChI=1S/C28H25ClN2O5/c1-14-9-21(29)15(11-24(14)34-2)10-16(32)12-20-26-19-13-17(3-5-22(19)36-27(20)26)35-23-7-8-30-28-18(23)4-6-25(33)31-28/h3,5,7-9,11,13,20,26-27H,4,6,10,12H2,1-2H3,(H,30,31,33)/t20-,26-,27+/m0/s1. The first kappa shape index (κ1) is 22.9. The lowest BCUT2D eigenvalue weighted by molar-refractivity contribution is -0.119. The van der Waals surface area contributed by atoms with Gasteiger partial charge in [-0.15, -0.1) is 0 Å². The summed E-state index contributed by atoms with van der Waals surface area (Å²) >= 11 is 6.38. The zero-order chi connectivity index (χ0) is 25.0. The van der Waals surface area contributed by atoms with Crippen molar-refractivity contribution in [2.45, 2.75) is 44.6 Å². The Bertz CT molecular complexity index is 1400. The van der Waals surface area contributed by atoms with E-state index in [1.54, 1.807) is 13.3 Å².